The number of hydrogen-bond donors (Lipinski definition) is 2. The van der Waals surface area contributed by atoms with Crippen molar-refractivity contribution in [3.05, 3.63) is 57.6 Å². The third-order valence-electron chi connectivity index (χ3n) is 4.01. The molecule has 0 aliphatic carbocycles. The van der Waals surface area contributed by atoms with E-state index in [2.05, 4.69) is 35.2 Å². The Labute approximate surface area is 150 Å². The molecule has 0 saturated carbocycles. The van der Waals surface area contributed by atoms with Crippen LogP contribution in [0.3, 0.4) is 0 Å². The van der Waals surface area contributed by atoms with Crippen LogP contribution < -0.4 is 5.32 Å². The molecule has 0 radical (unpaired) electrons. The van der Waals surface area contributed by atoms with Crippen LogP contribution in [0.15, 0.2) is 36.4 Å². The van der Waals surface area contributed by atoms with E-state index < -0.39 is 0 Å². The summed E-state index contributed by atoms with van der Waals surface area (Å²) < 4.78 is 0. The maximum Gasteiger partial charge on any atom is 0.201 e. The van der Waals surface area contributed by atoms with Crippen molar-refractivity contribution < 1.29 is 0 Å². The van der Waals surface area contributed by atoms with Crippen LogP contribution in [0, 0.1) is 11.3 Å². The summed E-state index contributed by atoms with van der Waals surface area (Å²) in [6.45, 7) is 4.90. The van der Waals surface area contributed by atoms with E-state index in [9.17, 15) is 0 Å². The van der Waals surface area contributed by atoms with E-state index in [-0.39, 0.29) is 5.41 Å². The van der Waals surface area contributed by atoms with E-state index in [1.807, 2.05) is 24.3 Å². The molecule has 1 aromatic heterocycles. The molecule has 0 aliphatic heterocycles. The largest absolute Gasteiger partial charge is 0.355 e. The van der Waals surface area contributed by atoms with Crippen LogP contribution in [-0.2, 0) is 5.41 Å². The lowest BCUT2D eigenvalue weighted by molar-refractivity contribution is 0.555. The van der Waals surface area contributed by atoms with E-state index in [1.54, 1.807) is 12.1 Å². The van der Waals surface area contributed by atoms with Gasteiger partial charge in [-0.15, -0.1) is 0 Å². The lowest BCUT2D eigenvalue weighted by Crippen LogP contribution is -2.28. The fourth-order valence-electron chi connectivity index (χ4n) is 2.49. The molecule has 0 amide bonds. The highest BCUT2D eigenvalue weighted by molar-refractivity contribution is 6.42. The van der Waals surface area contributed by atoms with Crippen molar-refractivity contribution in [3.8, 4) is 6.07 Å². The van der Waals surface area contributed by atoms with Crippen molar-refractivity contribution in [3.63, 3.8) is 0 Å². The van der Waals surface area contributed by atoms with Gasteiger partial charge in [0.05, 0.1) is 32.7 Å². The highest BCUT2D eigenvalue weighted by atomic mass is 35.5. The number of aromatic nitrogens is 2. The topological polar surface area (TPSA) is 64.5 Å². The van der Waals surface area contributed by atoms with Crippen molar-refractivity contribution in [2.24, 2.45) is 0 Å². The molecule has 3 aromatic rings. The number of nitrogens with one attached hydrogen (secondary N) is 2. The highest BCUT2D eigenvalue weighted by Gasteiger charge is 2.22. The van der Waals surface area contributed by atoms with Gasteiger partial charge in [-0.25, -0.2) is 4.98 Å². The van der Waals surface area contributed by atoms with Gasteiger partial charge in [0.25, 0.3) is 0 Å². The van der Waals surface area contributed by atoms with Crippen LogP contribution in [-0.4, -0.2) is 16.5 Å². The smallest absolute Gasteiger partial charge is 0.201 e. The fourth-order valence-corrected chi connectivity index (χ4v) is 2.78. The first-order valence-corrected chi connectivity index (χ1v) is 8.24. The van der Waals surface area contributed by atoms with Crippen LogP contribution in [0.25, 0.3) is 11.0 Å². The third kappa shape index (κ3) is 3.33. The second kappa shape index (κ2) is 6.35. The van der Waals surface area contributed by atoms with Gasteiger partial charge in [-0.3, -0.25) is 0 Å². The molecular formula is C18H16Cl2N4. The Balaban J connectivity index is 1.78. The molecule has 4 nitrogen and oxygen atoms in total. The maximum absolute atomic E-state index is 8.96. The molecule has 0 fully saturated rings. The summed E-state index contributed by atoms with van der Waals surface area (Å²) in [6.07, 6.45) is 0. The molecule has 0 unspecified atom stereocenters. The van der Waals surface area contributed by atoms with E-state index in [4.69, 9.17) is 28.5 Å². The summed E-state index contributed by atoms with van der Waals surface area (Å²) in [4.78, 5) is 7.69. The average Bonchev–Trinajstić information content (AvgIpc) is 2.97. The summed E-state index contributed by atoms with van der Waals surface area (Å²) in [6, 6.07) is 13.2. The van der Waals surface area contributed by atoms with Gasteiger partial charge in [-0.2, -0.15) is 5.26 Å². The van der Waals surface area contributed by atoms with Crippen molar-refractivity contribution in [2.45, 2.75) is 19.3 Å². The lowest BCUT2D eigenvalue weighted by atomic mass is 9.84. The monoisotopic (exact) mass is 358 g/mol. The first kappa shape index (κ1) is 16.6. The number of halogens is 2. The van der Waals surface area contributed by atoms with Gasteiger partial charge < -0.3 is 10.3 Å². The predicted octanol–water partition coefficient (Wildman–Crippen LogP) is 5.13. The molecule has 24 heavy (non-hydrogen) atoms. The van der Waals surface area contributed by atoms with Gasteiger partial charge in [0.1, 0.15) is 0 Å². The minimum atomic E-state index is -0.162. The second-order valence-electron chi connectivity index (χ2n) is 6.30. The molecule has 122 valence electrons. The molecule has 1 heterocycles. The molecule has 2 N–H and O–H groups in total. The predicted molar refractivity (Wildman–Crippen MR) is 98.8 cm³/mol. The van der Waals surface area contributed by atoms with Gasteiger partial charge in [-0.05, 0) is 35.9 Å². The number of H-pyrrole nitrogens is 1. The second-order valence-corrected chi connectivity index (χ2v) is 7.11. The van der Waals surface area contributed by atoms with Crippen LogP contribution in [0.2, 0.25) is 10.0 Å². The van der Waals surface area contributed by atoms with Crippen LogP contribution >= 0.6 is 23.2 Å². The summed E-state index contributed by atoms with van der Waals surface area (Å²) >= 11 is 12.1. The average molecular weight is 359 g/mol. The van der Waals surface area contributed by atoms with Crippen LogP contribution in [0.4, 0.5) is 5.95 Å². The number of imidazole rings is 1. The Bertz CT molecular complexity index is 938. The molecule has 2 aromatic carbocycles. The summed E-state index contributed by atoms with van der Waals surface area (Å²) in [7, 11) is 0. The zero-order chi connectivity index (χ0) is 17.3. The van der Waals surface area contributed by atoms with Crippen molar-refractivity contribution in [1.82, 2.24) is 9.97 Å². The number of nitriles is 1. The van der Waals surface area contributed by atoms with Gasteiger partial charge in [0.15, 0.2) is 0 Å². The number of nitrogens with zero attached hydrogens (tertiary/aromatic N) is 2. The Hall–Kier alpha value is -2.22. The quantitative estimate of drug-likeness (QED) is 0.679. The Morgan fingerprint density at radius 3 is 2.67 bits per heavy atom. The maximum atomic E-state index is 8.96. The standard InChI is InChI=1S/C18H16Cl2N4/c1-18(2,12-4-5-13(19)14(20)8-12)10-22-17-23-15-6-3-11(9-21)7-16(15)24-17/h3-8H,10H2,1-2H3,(H2,22,23,24). The minimum Gasteiger partial charge on any atom is -0.355 e. The zero-order valence-corrected chi connectivity index (χ0v) is 14.8. The summed E-state index contributed by atoms with van der Waals surface area (Å²) in [5.41, 5.74) is 3.19. The number of anilines is 1. The zero-order valence-electron chi connectivity index (χ0n) is 13.3. The number of aromatic amines is 1. The van der Waals surface area contributed by atoms with Crippen molar-refractivity contribution in [1.29, 1.82) is 5.26 Å². The number of benzene rings is 2. The van der Waals surface area contributed by atoms with E-state index >= 15 is 0 Å². The number of hydrogen-bond acceptors (Lipinski definition) is 3. The molecule has 6 heteroatoms. The summed E-state index contributed by atoms with van der Waals surface area (Å²) in [5.74, 6) is 0.674. The van der Waals surface area contributed by atoms with Gasteiger partial charge in [-0.1, -0.05) is 43.1 Å². The van der Waals surface area contributed by atoms with Crippen LogP contribution in [0.1, 0.15) is 25.0 Å². The Morgan fingerprint density at radius 1 is 1.17 bits per heavy atom. The SMILES string of the molecule is CC(C)(CNc1nc2ccc(C#N)cc2[nH]1)c1ccc(Cl)c(Cl)c1. The Morgan fingerprint density at radius 2 is 1.96 bits per heavy atom. The fraction of sp³-hybridized carbons (Fsp3) is 0.222. The van der Waals surface area contributed by atoms with Gasteiger partial charge in [0.2, 0.25) is 5.95 Å². The summed E-state index contributed by atoms with van der Waals surface area (Å²) in [5, 5.41) is 13.4. The van der Waals surface area contributed by atoms with Gasteiger partial charge in [0, 0.05) is 12.0 Å². The molecule has 0 saturated heterocycles. The highest BCUT2D eigenvalue weighted by Crippen LogP contribution is 2.30. The number of rotatable bonds is 4. The molecule has 0 atom stereocenters. The lowest BCUT2D eigenvalue weighted by Gasteiger charge is -2.26. The number of fused-ring (bicyclic) bond motifs is 1. The molecule has 3 rings (SSSR count). The molecule has 0 bridgehead atoms. The van der Waals surface area contributed by atoms with Crippen molar-refractivity contribution in [2.75, 3.05) is 11.9 Å². The molecule has 0 spiro atoms. The minimum absolute atomic E-state index is 0.162. The van der Waals surface area contributed by atoms with E-state index in [0.717, 1.165) is 16.6 Å². The molecular weight excluding hydrogens is 343 g/mol. The normalized spacial score (nSPS) is 11.5. The van der Waals surface area contributed by atoms with Crippen molar-refractivity contribution >= 4 is 40.2 Å². The first-order valence-electron chi connectivity index (χ1n) is 7.48. The van der Waals surface area contributed by atoms with E-state index in [1.165, 1.54) is 0 Å². The third-order valence-corrected chi connectivity index (χ3v) is 4.75. The van der Waals surface area contributed by atoms with E-state index in [0.29, 0.717) is 28.1 Å². The Kier molecular flexibility index (Phi) is 4.40. The molecule has 0 aliphatic rings. The van der Waals surface area contributed by atoms with Crippen LogP contribution in [0.5, 0.6) is 0 Å². The van der Waals surface area contributed by atoms with Gasteiger partial charge >= 0.3 is 0 Å². The first-order chi connectivity index (χ1) is 11.4.